The maximum absolute atomic E-state index is 12.7. The molecule has 0 amide bonds. The summed E-state index contributed by atoms with van der Waals surface area (Å²) >= 11 is 0. The third-order valence-electron chi connectivity index (χ3n) is 1.49. The van der Waals surface area contributed by atoms with Gasteiger partial charge in [0, 0.05) is 0 Å². The molecular weight excluding hydrogens is 224 g/mol. The first kappa shape index (κ1) is 13.7. The zero-order chi connectivity index (χ0) is 12.9. The summed E-state index contributed by atoms with van der Waals surface area (Å²) in [5, 5.41) is 16.3. The van der Waals surface area contributed by atoms with E-state index in [1.165, 1.54) is 0 Å². The van der Waals surface area contributed by atoms with Gasteiger partial charge < -0.3 is 0 Å². The van der Waals surface area contributed by atoms with Gasteiger partial charge in [-0.2, -0.15) is 10.5 Å². The van der Waals surface area contributed by atoms with Gasteiger partial charge in [-0.1, -0.05) is 0 Å². The van der Waals surface area contributed by atoms with Gasteiger partial charge in [-0.3, -0.25) is 0 Å². The van der Waals surface area contributed by atoms with E-state index in [0.29, 0.717) is 0 Å². The molecule has 6 heteroatoms. The van der Waals surface area contributed by atoms with Gasteiger partial charge in [0.1, 0.15) is 23.3 Å². The Bertz CT molecular complexity index is 423. The molecule has 0 radical (unpaired) electrons. The summed E-state index contributed by atoms with van der Waals surface area (Å²) in [5.41, 5.74) is -2.75. The van der Waals surface area contributed by atoms with Crippen molar-refractivity contribution in [3.63, 3.8) is 0 Å². The van der Waals surface area contributed by atoms with E-state index >= 15 is 0 Å². The van der Waals surface area contributed by atoms with Crippen molar-refractivity contribution in [1.29, 1.82) is 10.5 Å². The Hall–Kier alpha value is -2.34. The maximum atomic E-state index is 12.7. The Morgan fingerprint density at radius 1 is 0.688 bits per heavy atom. The van der Waals surface area contributed by atoms with Crippen LogP contribution < -0.4 is 0 Å². The topological polar surface area (TPSA) is 47.6 Å². The van der Waals surface area contributed by atoms with Crippen LogP contribution in [-0.4, -0.2) is 0 Å². The molecule has 16 heavy (non-hydrogen) atoms. The van der Waals surface area contributed by atoms with Crippen LogP contribution in [0.15, 0.2) is 13.2 Å². The molecule has 1 aromatic rings. The van der Waals surface area contributed by atoms with Crippen LogP contribution in [0.1, 0.15) is 11.1 Å². The molecule has 0 bridgehead atoms. The van der Waals surface area contributed by atoms with Crippen LogP contribution >= 0.6 is 0 Å². The monoisotopic (exact) mass is 228 g/mol. The summed E-state index contributed by atoms with van der Waals surface area (Å²) in [5.74, 6) is -7.43. The molecule has 0 unspecified atom stereocenters. The number of halogens is 4. The van der Waals surface area contributed by atoms with Crippen LogP contribution in [-0.2, 0) is 0 Å². The first-order chi connectivity index (χ1) is 7.54. The zero-order valence-corrected chi connectivity index (χ0v) is 7.82. The predicted molar refractivity (Wildman–Crippen MR) is 47.0 cm³/mol. The van der Waals surface area contributed by atoms with Crippen LogP contribution in [0, 0.1) is 45.9 Å². The van der Waals surface area contributed by atoms with E-state index in [0.717, 1.165) is 12.1 Å². The molecule has 0 N–H and O–H groups in total. The number of nitrogens with zero attached hydrogens (tertiary/aromatic N) is 2. The molecule has 2 nitrogen and oxygen atoms in total. The molecule has 0 aliphatic rings. The van der Waals surface area contributed by atoms with Gasteiger partial charge in [0.2, 0.25) is 0 Å². The van der Waals surface area contributed by atoms with E-state index < -0.39 is 34.4 Å². The smallest absolute Gasteiger partial charge is 0.181 e. The fraction of sp³-hybridized carbons (Fsp3) is 0. The molecule has 0 spiro atoms. The molecule has 0 aromatic heterocycles. The summed E-state index contributed by atoms with van der Waals surface area (Å²) in [6.45, 7) is 6.00. The third kappa shape index (κ3) is 2.01. The van der Waals surface area contributed by atoms with Crippen LogP contribution in [0.25, 0.3) is 0 Å². The summed E-state index contributed by atoms with van der Waals surface area (Å²) in [6.07, 6.45) is 0. The van der Waals surface area contributed by atoms with Crippen molar-refractivity contribution in [3.05, 3.63) is 47.6 Å². The van der Waals surface area contributed by atoms with E-state index in [1.807, 2.05) is 0 Å². The van der Waals surface area contributed by atoms with E-state index in [4.69, 9.17) is 10.5 Å². The largest absolute Gasteiger partial charge is 0.202 e. The van der Waals surface area contributed by atoms with Crippen LogP contribution in [0.3, 0.4) is 0 Å². The van der Waals surface area contributed by atoms with Crippen molar-refractivity contribution in [2.75, 3.05) is 0 Å². The molecule has 1 aromatic carbocycles. The fourth-order valence-corrected chi connectivity index (χ4v) is 0.828. The first-order valence-electron chi connectivity index (χ1n) is 3.70. The minimum Gasteiger partial charge on any atom is -0.202 e. The Balaban J connectivity index is 0.00000106. The van der Waals surface area contributed by atoms with E-state index in [2.05, 4.69) is 13.2 Å². The number of nitriles is 2. The van der Waals surface area contributed by atoms with Crippen molar-refractivity contribution in [2.24, 2.45) is 0 Å². The molecule has 0 aliphatic carbocycles. The van der Waals surface area contributed by atoms with Gasteiger partial charge in [-0.25, -0.2) is 17.6 Å². The molecule has 0 saturated heterocycles. The lowest BCUT2D eigenvalue weighted by molar-refractivity contribution is 0.446. The number of benzene rings is 1. The molecular formula is C10H4F4N2. The standard InChI is InChI=1S/C8F4N2.C2H4/c9-5-3(1-13)6(10)8(12)4(2-14)7(5)11;1-2/h;1-2H2. The third-order valence-corrected chi connectivity index (χ3v) is 1.49. The summed E-state index contributed by atoms with van der Waals surface area (Å²) in [6, 6.07) is 1.91. The SMILES string of the molecule is C=C.N#Cc1c(F)c(F)c(C#N)c(F)c1F. The Morgan fingerprint density at radius 3 is 1.00 bits per heavy atom. The average molecular weight is 228 g/mol. The molecule has 0 atom stereocenters. The quantitative estimate of drug-likeness (QED) is 0.389. The van der Waals surface area contributed by atoms with Crippen LogP contribution in [0.5, 0.6) is 0 Å². The van der Waals surface area contributed by atoms with Crippen molar-refractivity contribution in [1.82, 2.24) is 0 Å². The minimum absolute atomic E-state index is 0.957. The van der Waals surface area contributed by atoms with E-state index in [1.54, 1.807) is 0 Å². The van der Waals surface area contributed by atoms with Gasteiger partial charge >= 0.3 is 0 Å². The highest BCUT2D eigenvalue weighted by atomic mass is 19.2. The second kappa shape index (κ2) is 5.52. The Labute approximate surface area is 88.7 Å². The van der Waals surface area contributed by atoms with E-state index in [9.17, 15) is 17.6 Å². The molecule has 0 heterocycles. The normalized spacial score (nSPS) is 8.38. The molecule has 0 fully saturated rings. The minimum atomic E-state index is -1.86. The molecule has 1 rings (SSSR count). The summed E-state index contributed by atoms with van der Waals surface area (Å²) in [4.78, 5) is 0. The number of hydrogen-bond acceptors (Lipinski definition) is 2. The summed E-state index contributed by atoms with van der Waals surface area (Å²) < 4.78 is 50.9. The highest BCUT2D eigenvalue weighted by Crippen LogP contribution is 2.22. The molecule has 0 saturated carbocycles. The number of rotatable bonds is 0. The molecule has 0 aliphatic heterocycles. The Kier molecular flexibility index (Phi) is 4.71. The van der Waals surface area contributed by atoms with Crippen LogP contribution in [0.2, 0.25) is 0 Å². The second-order valence-corrected chi connectivity index (χ2v) is 2.23. The first-order valence-corrected chi connectivity index (χ1v) is 3.70. The lowest BCUT2D eigenvalue weighted by atomic mass is 10.1. The molecule has 82 valence electrons. The number of hydrogen-bond donors (Lipinski definition) is 0. The summed E-state index contributed by atoms with van der Waals surface area (Å²) in [7, 11) is 0. The van der Waals surface area contributed by atoms with Gasteiger partial charge in [-0.05, 0) is 0 Å². The van der Waals surface area contributed by atoms with Crippen molar-refractivity contribution in [3.8, 4) is 12.1 Å². The van der Waals surface area contributed by atoms with Crippen LogP contribution in [0.4, 0.5) is 17.6 Å². The van der Waals surface area contributed by atoms with Gasteiger partial charge in [0.05, 0.1) is 0 Å². The maximum Gasteiger partial charge on any atom is 0.181 e. The van der Waals surface area contributed by atoms with Crippen molar-refractivity contribution in [2.45, 2.75) is 0 Å². The van der Waals surface area contributed by atoms with Crippen molar-refractivity contribution >= 4 is 0 Å². The van der Waals surface area contributed by atoms with Gasteiger partial charge in [0.15, 0.2) is 23.3 Å². The van der Waals surface area contributed by atoms with E-state index in [-0.39, 0.29) is 0 Å². The average Bonchev–Trinajstić information content (AvgIpc) is 2.31. The zero-order valence-electron chi connectivity index (χ0n) is 7.82. The Morgan fingerprint density at radius 2 is 0.875 bits per heavy atom. The van der Waals surface area contributed by atoms with Crippen molar-refractivity contribution < 1.29 is 17.6 Å². The highest BCUT2D eigenvalue weighted by Gasteiger charge is 2.24. The van der Waals surface area contributed by atoms with Gasteiger partial charge in [-0.15, -0.1) is 13.2 Å². The lowest BCUT2D eigenvalue weighted by Gasteiger charge is -2.01. The van der Waals surface area contributed by atoms with Gasteiger partial charge in [0.25, 0.3) is 0 Å². The second-order valence-electron chi connectivity index (χ2n) is 2.23. The fourth-order valence-electron chi connectivity index (χ4n) is 0.828. The lowest BCUT2D eigenvalue weighted by Crippen LogP contribution is -2.04. The highest BCUT2D eigenvalue weighted by molar-refractivity contribution is 5.42. The predicted octanol–water partition coefficient (Wildman–Crippen LogP) is 2.79.